The molecule has 1 nitrogen and oxygen atoms in total. The largest absolute Gasteiger partial charge is 0.269 e. The predicted octanol–water partition coefficient (Wildman–Crippen LogP) is 7.88. The van der Waals surface area contributed by atoms with Crippen molar-refractivity contribution in [3.8, 4) is 11.1 Å². The standard InChI is InChI=1S/C28H17OP/c29-30-26-17-16-24(28-22-10-4-2-7-19(22)14-15-25(26)28)23-11-5-8-20-13-12-18-6-1-3-9-21(18)27(20)23/h1-17H. The van der Waals surface area contributed by atoms with Crippen LogP contribution in [0.25, 0.3) is 54.2 Å². The molecule has 6 rings (SSSR count). The molecule has 30 heavy (non-hydrogen) atoms. The maximum atomic E-state index is 11.9. The van der Waals surface area contributed by atoms with Gasteiger partial charge in [0.1, 0.15) is 0 Å². The molecule has 0 spiro atoms. The van der Waals surface area contributed by atoms with E-state index in [-0.39, 0.29) is 8.46 Å². The van der Waals surface area contributed by atoms with Gasteiger partial charge in [-0.3, -0.25) is 4.57 Å². The number of hydrogen-bond acceptors (Lipinski definition) is 1. The number of fused-ring (bicyclic) bond motifs is 6. The van der Waals surface area contributed by atoms with Gasteiger partial charge in [-0.05, 0) is 60.3 Å². The summed E-state index contributed by atoms with van der Waals surface area (Å²) in [4.78, 5) is 0. The molecule has 0 aromatic heterocycles. The van der Waals surface area contributed by atoms with Gasteiger partial charge in [-0.25, -0.2) is 0 Å². The second kappa shape index (κ2) is 6.76. The van der Waals surface area contributed by atoms with Crippen molar-refractivity contribution in [3.63, 3.8) is 0 Å². The summed E-state index contributed by atoms with van der Waals surface area (Å²) in [5.41, 5.74) is 2.39. The van der Waals surface area contributed by atoms with E-state index in [1.54, 1.807) is 0 Å². The first-order chi connectivity index (χ1) is 14.8. The molecule has 0 radical (unpaired) electrons. The van der Waals surface area contributed by atoms with Crippen molar-refractivity contribution in [1.29, 1.82) is 0 Å². The Morgan fingerprint density at radius 1 is 0.433 bits per heavy atom. The van der Waals surface area contributed by atoms with Crippen molar-refractivity contribution in [3.05, 3.63) is 103 Å². The molecule has 0 bridgehead atoms. The van der Waals surface area contributed by atoms with Crippen LogP contribution in [0.1, 0.15) is 0 Å². The topological polar surface area (TPSA) is 17.1 Å². The van der Waals surface area contributed by atoms with Crippen LogP contribution in [0.3, 0.4) is 0 Å². The maximum absolute atomic E-state index is 11.9. The molecular weight excluding hydrogens is 383 g/mol. The summed E-state index contributed by atoms with van der Waals surface area (Å²) in [6, 6.07) is 36.2. The van der Waals surface area contributed by atoms with Gasteiger partial charge in [-0.2, -0.15) is 0 Å². The van der Waals surface area contributed by atoms with Crippen molar-refractivity contribution in [2.45, 2.75) is 0 Å². The molecule has 0 N–H and O–H groups in total. The fourth-order valence-corrected chi connectivity index (χ4v) is 5.12. The van der Waals surface area contributed by atoms with Gasteiger partial charge in [0, 0.05) is 0 Å². The fourth-order valence-electron chi connectivity index (χ4n) is 4.70. The number of benzene rings is 6. The molecule has 0 unspecified atom stereocenters. The predicted molar refractivity (Wildman–Crippen MR) is 129 cm³/mol. The number of hydrogen-bond donors (Lipinski definition) is 0. The summed E-state index contributed by atoms with van der Waals surface area (Å²) in [7, 11) is 0.0458. The third-order valence-corrected chi connectivity index (χ3v) is 6.63. The van der Waals surface area contributed by atoms with Crippen LogP contribution in [0.15, 0.2) is 103 Å². The molecule has 0 saturated heterocycles. The molecule has 2 heteroatoms. The lowest BCUT2D eigenvalue weighted by Gasteiger charge is -2.15. The first-order valence-electron chi connectivity index (χ1n) is 10.0. The first kappa shape index (κ1) is 17.3. The molecular formula is C28H17OP. The summed E-state index contributed by atoms with van der Waals surface area (Å²) < 4.78 is 11.9. The van der Waals surface area contributed by atoms with Gasteiger partial charge in [-0.15, -0.1) is 0 Å². The van der Waals surface area contributed by atoms with Gasteiger partial charge < -0.3 is 0 Å². The molecule has 0 aliphatic rings. The third kappa shape index (κ3) is 2.49. The van der Waals surface area contributed by atoms with Crippen LogP contribution in [0.5, 0.6) is 0 Å². The Kier molecular flexibility index (Phi) is 3.91. The SMILES string of the molecule is O=Pc1ccc(-c2cccc3ccc4ccccc4c23)c2c1ccc1ccccc12. The van der Waals surface area contributed by atoms with Gasteiger partial charge in [0.2, 0.25) is 0 Å². The van der Waals surface area contributed by atoms with Crippen molar-refractivity contribution in [2.24, 2.45) is 0 Å². The second-order valence-corrected chi connectivity index (χ2v) is 8.29. The Bertz CT molecular complexity index is 1610. The van der Waals surface area contributed by atoms with Crippen LogP contribution in [-0.2, 0) is 4.57 Å². The monoisotopic (exact) mass is 400 g/mol. The molecule has 0 saturated carbocycles. The van der Waals surface area contributed by atoms with E-state index < -0.39 is 0 Å². The summed E-state index contributed by atoms with van der Waals surface area (Å²) in [5.74, 6) is 0. The van der Waals surface area contributed by atoms with Crippen molar-refractivity contribution in [2.75, 3.05) is 0 Å². The summed E-state index contributed by atoms with van der Waals surface area (Å²) >= 11 is 0. The molecule has 0 aliphatic carbocycles. The molecule has 0 aliphatic heterocycles. The quantitative estimate of drug-likeness (QED) is 0.213. The fraction of sp³-hybridized carbons (Fsp3) is 0. The van der Waals surface area contributed by atoms with E-state index in [4.69, 9.17) is 0 Å². The van der Waals surface area contributed by atoms with Gasteiger partial charge in [-0.1, -0.05) is 97.1 Å². The van der Waals surface area contributed by atoms with E-state index in [1.807, 2.05) is 6.07 Å². The lowest BCUT2D eigenvalue weighted by atomic mass is 9.89. The van der Waals surface area contributed by atoms with E-state index in [1.165, 1.54) is 43.4 Å². The third-order valence-electron chi connectivity index (χ3n) is 6.04. The Morgan fingerprint density at radius 3 is 1.80 bits per heavy atom. The Morgan fingerprint density at radius 2 is 1.03 bits per heavy atom. The van der Waals surface area contributed by atoms with Crippen LogP contribution >= 0.6 is 8.46 Å². The average molecular weight is 400 g/mol. The Hall–Kier alpha value is -3.54. The van der Waals surface area contributed by atoms with Crippen LogP contribution in [0.2, 0.25) is 0 Å². The van der Waals surface area contributed by atoms with Gasteiger partial charge in [0.25, 0.3) is 0 Å². The van der Waals surface area contributed by atoms with Crippen LogP contribution in [0, 0.1) is 0 Å². The summed E-state index contributed by atoms with van der Waals surface area (Å²) in [6.45, 7) is 0. The molecule has 0 amide bonds. The zero-order valence-electron chi connectivity index (χ0n) is 16.2. The molecule has 0 fully saturated rings. The van der Waals surface area contributed by atoms with Crippen LogP contribution in [0.4, 0.5) is 0 Å². The summed E-state index contributed by atoms with van der Waals surface area (Å²) in [5, 5.41) is 10.4. The van der Waals surface area contributed by atoms with Crippen molar-refractivity contribution >= 4 is 56.9 Å². The summed E-state index contributed by atoms with van der Waals surface area (Å²) in [6.07, 6.45) is 0. The molecule has 140 valence electrons. The van der Waals surface area contributed by atoms with Gasteiger partial charge in [0.15, 0.2) is 8.46 Å². The minimum atomic E-state index is 0.0458. The van der Waals surface area contributed by atoms with Crippen LogP contribution < -0.4 is 5.30 Å². The lowest BCUT2D eigenvalue weighted by Crippen LogP contribution is -1.97. The van der Waals surface area contributed by atoms with Gasteiger partial charge >= 0.3 is 0 Å². The highest BCUT2D eigenvalue weighted by Gasteiger charge is 2.14. The average Bonchev–Trinajstić information content (AvgIpc) is 2.82. The minimum Gasteiger partial charge on any atom is -0.269 e. The highest BCUT2D eigenvalue weighted by molar-refractivity contribution is 7.34. The highest BCUT2D eigenvalue weighted by atomic mass is 31.1. The van der Waals surface area contributed by atoms with Crippen molar-refractivity contribution in [1.82, 2.24) is 0 Å². The maximum Gasteiger partial charge on any atom is 0.192 e. The Balaban J connectivity index is 1.85. The second-order valence-electron chi connectivity index (χ2n) is 7.62. The Labute approximate surface area is 175 Å². The van der Waals surface area contributed by atoms with E-state index in [2.05, 4.69) is 97.1 Å². The minimum absolute atomic E-state index is 0.0458. The smallest absolute Gasteiger partial charge is 0.192 e. The van der Waals surface area contributed by atoms with E-state index >= 15 is 0 Å². The zero-order valence-corrected chi connectivity index (χ0v) is 17.1. The first-order valence-corrected chi connectivity index (χ1v) is 10.8. The van der Waals surface area contributed by atoms with Crippen molar-refractivity contribution < 1.29 is 4.57 Å². The lowest BCUT2D eigenvalue weighted by molar-refractivity contribution is 0.603. The molecule has 6 aromatic rings. The zero-order chi connectivity index (χ0) is 20.1. The van der Waals surface area contributed by atoms with Gasteiger partial charge in [0.05, 0.1) is 5.30 Å². The molecule has 0 heterocycles. The number of rotatable bonds is 2. The van der Waals surface area contributed by atoms with E-state index in [9.17, 15) is 4.57 Å². The van der Waals surface area contributed by atoms with E-state index in [0.717, 1.165) is 16.1 Å². The molecule has 6 aromatic carbocycles. The van der Waals surface area contributed by atoms with Crippen LogP contribution in [-0.4, -0.2) is 0 Å². The normalized spacial score (nSPS) is 11.7. The highest BCUT2D eigenvalue weighted by Crippen LogP contribution is 2.40. The van der Waals surface area contributed by atoms with E-state index in [0.29, 0.717) is 0 Å². The molecule has 0 atom stereocenters.